The lowest BCUT2D eigenvalue weighted by molar-refractivity contribution is 0.350. The highest BCUT2D eigenvalue weighted by Crippen LogP contribution is 2.23. The van der Waals surface area contributed by atoms with Gasteiger partial charge in [0.15, 0.2) is 0 Å². The monoisotopic (exact) mass is 308 g/mol. The summed E-state index contributed by atoms with van der Waals surface area (Å²) >= 11 is 0. The Hall–Kier alpha value is -1.42. The summed E-state index contributed by atoms with van der Waals surface area (Å²) < 4.78 is 27.2. The maximum absolute atomic E-state index is 12.3. The van der Waals surface area contributed by atoms with Crippen LogP contribution in [0.1, 0.15) is 37.7 Å². The molecule has 114 valence electrons. The van der Waals surface area contributed by atoms with Crippen molar-refractivity contribution in [3.63, 3.8) is 0 Å². The van der Waals surface area contributed by atoms with E-state index < -0.39 is 10.0 Å². The van der Waals surface area contributed by atoms with E-state index in [1.807, 2.05) is 0 Å². The van der Waals surface area contributed by atoms with Crippen LogP contribution in [0, 0.1) is 17.8 Å². The number of nitrogens with zero attached hydrogens (tertiary/aromatic N) is 1. The lowest BCUT2D eigenvalue weighted by atomic mass is 9.90. The molecule has 1 fully saturated rings. The van der Waals surface area contributed by atoms with E-state index in [9.17, 15) is 8.42 Å². The molecule has 0 bridgehead atoms. The SMILES string of the molecule is O=S(=O)(NCC1CCCCC1)c1cncc(C#CCO)c1. The van der Waals surface area contributed by atoms with Crippen molar-refractivity contribution in [3.05, 3.63) is 24.0 Å². The Bertz CT molecular complexity index is 626. The summed E-state index contributed by atoms with van der Waals surface area (Å²) in [7, 11) is -3.55. The predicted octanol–water partition coefficient (Wildman–Crippen LogP) is 1.28. The highest BCUT2D eigenvalue weighted by atomic mass is 32.2. The molecule has 0 aliphatic heterocycles. The van der Waals surface area contributed by atoms with Gasteiger partial charge in [-0.1, -0.05) is 31.1 Å². The fourth-order valence-corrected chi connectivity index (χ4v) is 3.58. The Kier molecular flexibility index (Phi) is 5.74. The molecule has 2 N–H and O–H groups in total. The summed E-state index contributed by atoms with van der Waals surface area (Å²) in [6.45, 7) is 0.214. The number of rotatable bonds is 4. The van der Waals surface area contributed by atoms with Crippen LogP contribution in [0.5, 0.6) is 0 Å². The van der Waals surface area contributed by atoms with E-state index in [-0.39, 0.29) is 11.5 Å². The molecule has 0 radical (unpaired) electrons. The fraction of sp³-hybridized carbons (Fsp3) is 0.533. The summed E-state index contributed by atoms with van der Waals surface area (Å²) in [5.74, 6) is 5.56. The van der Waals surface area contributed by atoms with Crippen LogP contribution in [-0.2, 0) is 10.0 Å². The Morgan fingerprint density at radius 3 is 2.76 bits per heavy atom. The second-order valence-corrected chi connectivity index (χ2v) is 6.99. The minimum Gasteiger partial charge on any atom is -0.384 e. The van der Waals surface area contributed by atoms with Gasteiger partial charge < -0.3 is 5.11 Å². The molecule has 1 saturated carbocycles. The number of sulfonamides is 1. The zero-order valence-corrected chi connectivity index (χ0v) is 12.7. The maximum atomic E-state index is 12.3. The van der Waals surface area contributed by atoms with Gasteiger partial charge in [0.05, 0.1) is 0 Å². The van der Waals surface area contributed by atoms with Gasteiger partial charge in [-0.05, 0) is 24.8 Å². The highest BCUT2D eigenvalue weighted by Gasteiger charge is 2.19. The average molecular weight is 308 g/mol. The Labute approximate surface area is 125 Å². The summed E-state index contributed by atoms with van der Waals surface area (Å²) in [5, 5.41) is 8.66. The van der Waals surface area contributed by atoms with Gasteiger partial charge >= 0.3 is 0 Å². The molecule has 6 heteroatoms. The summed E-state index contributed by atoms with van der Waals surface area (Å²) in [5.41, 5.74) is 0.476. The number of aliphatic hydroxyl groups excluding tert-OH is 1. The Morgan fingerprint density at radius 1 is 1.29 bits per heavy atom. The molecule has 0 amide bonds. The molecular weight excluding hydrogens is 288 g/mol. The number of pyridine rings is 1. The molecule has 0 aromatic carbocycles. The molecule has 2 rings (SSSR count). The second-order valence-electron chi connectivity index (χ2n) is 5.23. The molecule has 1 aromatic heterocycles. The van der Waals surface area contributed by atoms with E-state index in [1.54, 1.807) is 0 Å². The van der Waals surface area contributed by atoms with Crippen molar-refractivity contribution in [1.82, 2.24) is 9.71 Å². The molecular formula is C15H20N2O3S. The van der Waals surface area contributed by atoms with Crippen molar-refractivity contribution in [1.29, 1.82) is 0 Å². The van der Waals surface area contributed by atoms with Crippen LogP contribution >= 0.6 is 0 Å². The number of aromatic nitrogens is 1. The molecule has 21 heavy (non-hydrogen) atoms. The average Bonchev–Trinajstić information content (AvgIpc) is 2.52. The first-order chi connectivity index (χ1) is 10.1. The maximum Gasteiger partial charge on any atom is 0.242 e. The lowest BCUT2D eigenvalue weighted by Gasteiger charge is -2.21. The number of nitrogens with one attached hydrogen (secondary N) is 1. The summed E-state index contributed by atoms with van der Waals surface area (Å²) in [6.07, 6.45) is 8.57. The van der Waals surface area contributed by atoms with Crippen LogP contribution in [0.15, 0.2) is 23.4 Å². The van der Waals surface area contributed by atoms with Gasteiger partial charge in [0.2, 0.25) is 10.0 Å². The molecule has 1 heterocycles. The molecule has 0 unspecified atom stereocenters. The van der Waals surface area contributed by atoms with Gasteiger partial charge in [-0.15, -0.1) is 0 Å². The van der Waals surface area contributed by atoms with Crippen molar-refractivity contribution in [2.45, 2.75) is 37.0 Å². The lowest BCUT2D eigenvalue weighted by Crippen LogP contribution is -2.30. The zero-order valence-electron chi connectivity index (χ0n) is 11.9. The van der Waals surface area contributed by atoms with Gasteiger partial charge in [-0.3, -0.25) is 4.98 Å². The molecule has 0 atom stereocenters. The fourth-order valence-electron chi connectivity index (χ4n) is 2.48. The molecule has 1 aliphatic rings. The van der Waals surface area contributed by atoms with E-state index in [4.69, 9.17) is 5.11 Å². The molecule has 5 nitrogen and oxygen atoms in total. The topological polar surface area (TPSA) is 79.3 Å². The molecule has 0 saturated heterocycles. The van der Waals surface area contributed by atoms with Crippen molar-refractivity contribution in [2.24, 2.45) is 5.92 Å². The number of hydrogen-bond donors (Lipinski definition) is 2. The predicted molar refractivity (Wildman–Crippen MR) is 80.0 cm³/mol. The molecule has 0 spiro atoms. The van der Waals surface area contributed by atoms with Crippen molar-refractivity contribution in [3.8, 4) is 11.8 Å². The molecule has 1 aliphatic carbocycles. The van der Waals surface area contributed by atoms with Crippen LogP contribution in [0.4, 0.5) is 0 Å². The summed E-state index contributed by atoms with van der Waals surface area (Å²) in [4.78, 5) is 4.01. The van der Waals surface area contributed by atoms with Gasteiger partial charge in [0, 0.05) is 24.5 Å². The first kappa shape index (κ1) is 16.0. The number of aliphatic hydroxyl groups is 1. The minimum atomic E-state index is -3.55. The minimum absolute atomic E-state index is 0.114. The molecule has 1 aromatic rings. The third-order valence-electron chi connectivity index (χ3n) is 3.62. The van der Waals surface area contributed by atoms with Crippen LogP contribution in [-0.4, -0.2) is 31.7 Å². The van der Waals surface area contributed by atoms with Gasteiger partial charge in [-0.25, -0.2) is 13.1 Å². The Morgan fingerprint density at radius 2 is 2.05 bits per heavy atom. The van der Waals surface area contributed by atoms with E-state index in [1.165, 1.54) is 37.7 Å². The second kappa shape index (κ2) is 7.55. The van der Waals surface area contributed by atoms with Gasteiger partial charge in [0.1, 0.15) is 11.5 Å². The van der Waals surface area contributed by atoms with E-state index in [0.29, 0.717) is 18.0 Å². The van der Waals surface area contributed by atoms with Gasteiger partial charge in [-0.2, -0.15) is 0 Å². The smallest absolute Gasteiger partial charge is 0.242 e. The third kappa shape index (κ3) is 4.81. The Balaban J connectivity index is 2.04. The normalized spacial score (nSPS) is 16.2. The largest absolute Gasteiger partial charge is 0.384 e. The highest BCUT2D eigenvalue weighted by molar-refractivity contribution is 7.89. The van der Waals surface area contributed by atoms with Crippen molar-refractivity contribution >= 4 is 10.0 Å². The van der Waals surface area contributed by atoms with Crippen LogP contribution in [0.3, 0.4) is 0 Å². The van der Waals surface area contributed by atoms with Crippen LogP contribution < -0.4 is 4.72 Å². The quantitative estimate of drug-likeness (QED) is 0.821. The zero-order chi connectivity index (χ0) is 15.1. The first-order valence-corrected chi connectivity index (χ1v) is 8.64. The van der Waals surface area contributed by atoms with Crippen LogP contribution in [0.2, 0.25) is 0 Å². The number of hydrogen-bond acceptors (Lipinski definition) is 4. The van der Waals surface area contributed by atoms with Crippen molar-refractivity contribution in [2.75, 3.05) is 13.2 Å². The first-order valence-electron chi connectivity index (χ1n) is 7.16. The van der Waals surface area contributed by atoms with E-state index in [0.717, 1.165) is 12.8 Å². The van der Waals surface area contributed by atoms with Crippen LogP contribution in [0.25, 0.3) is 0 Å². The van der Waals surface area contributed by atoms with Crippen molar-refractivity contribution < 1.29 is 13.5 Å². The van der Waals surface area contributed by atoms with Gasteiger partial charge in [0.25, 0.3) is 0 Å². The van der Waals surface area contributed by atoms with E-state index in [2.05, 4.69) is 21.5 Å². The summed E-state index contributed by atoms with van der Waals surface area (Å²) in [6, 6.07) is 1.47. The van der Waals surface area contributed by atoms with E-state index >= 15 is 0 Å². The standard InChI is InChI=1S/C15H20N2O3S/c18-8-4-7-14-9-15(12-16-10-14)21(19,20)17-11-13-5-2-1-3-6-13/h9-10,12-13,17-18H,1-3,5-6,8,11H2. The third-order valence-corrected chi connectivity index (χ3v) is 5.01.